The number of oxime groups is 1. The number of carbonyl (C=O) groups is 2. The minimum atomic E-state index is -0.360. The second-order valence-corrected chi connectivity index (χ2v) is 3.86. The lowest BCUT2D eigenvalue weighted by molar-refractivity contribution is -0.133. The van der Waals surface area contributed by atoms with E-state index < -0.39 is 0 Å². The molecular weight excluding hydrogens is 212 g/mol. The lowest BCUT2D eigenvalue weighted by Crippen LogP contribution is -2.40. The largest absolute Gasteiger partial charge is 0.409 e. The average Bonchev–Trinajstić information content (AvgIpc) is 3.00. The van der Waals surface area contributed by atoms with Gasteiger partial charge in [-0.25, -0.2) is 0 Å². The highest BCUT2D eigenvalue weighted by Gasteiger charge is 2.24. The van der Waals surface area contributed by atoms with Crippen LogP contribution in [0.5, 0.6) is 0 Å². The SMILES string of the molecule is CN(CC(=O)NC1CC1)C(=O)CC(N)=NO. The Morgan fingerprint density at radius 3 is 2.69 bits per heavy atom. The van der Waals surface area contributed by atoms with E-state index in [4.69, 9.17) is 10.9 Å². The predicted molar refractivity (Wildman–Crippen MR) is 56.8 cm³/mol. The highest BCUT2D eigenvalue weighted by atomic mass is 16.4. The Morgan fingerprint density at radius 1 is 1.56 bits per heavy atom. The Balaban J connectivity index is 2.29. The van der Waals surface area contributed by atoms with Crippen molar-refractivity contribution in [1.82, 2.24) is 10.2 Å². The van der Waals surface area contributed by atoms with Crippen molar-refractivity contribution in [2.45, 2.75) is 25.3 Å². The minimum absolute atomic E-state index is 0.00591. The average molecular weight is 228 g/mol. The summed E-state index contributed by atoms with van der Waals surface area (Å²) < 4.78 is 0. The number of hydrogen-bond donors (Lipinski definition) is 3. The molecule has 0 saturated heterocycles. The fraction of sp³-hybridized carbons (Fsp3) is 0.667. The number of amides is 2. The van der Waals surface area contributed by atoms with E-state index in [0.29, 0.717) is 0 Å². The summed E-state index contributed by atoms with van der Waals surface area (Å²) in [5.41, 5.74) is 5.19. The predicted octanol–water partition coefficient (Wildman–Crippen LogP) is -1.14. The quantitative estimate of drug-likeness (QED) is 0.239. The van der Waals surface area contributed by atoms with Gasteiger partial charge >= 0.3 is 0 Å². The first-order valence-electron chi connectivity index (χ1n) is 5.02. The number of hydrogen-bond acceptors (Lipinski definition) is 4. The molecule has 0 aromatic rings. The molecule has 1 saturated carbocycles. The van der Waals surface area contributed by atoms with Gasteiger partial charge in [0.25, 0.3) is 0 Å². The van der Waals surface area contributed by atoms with Crippen molar-refractivity contribution in [3.63, 3.8) is 0 Å². The van der Waals surface area contributed by atoms with Crippen molar-refractivity contribution in [2.24, 2.45) is 10.9 Å². The fourth-order valence-electron chi connectivity index (χ4n) is 1.13. The van der Waals surface area contributed by atoms with Gasteiger partial charge in [0, 0.05) is 13.1 Å². The molecule has 90 valence electrons. The molecule has 0 aromatic carbocycles. The zero-order chi connectivity index (χ0) is 12.1. The summed E-state index contributed by atoms with van der Waals surface area (Å²) in [6, 6.07) is 0.278. The van der Waals surface area contributed by atoms with Crippen LogP contribution in [0.25, 0.3) is 0 Å². The third kappa shape index (κ3) is 4.16. The van der Waals surface area contributed by atoms with Crippen molar-refractivity contribution in [3.05, 3.63) is 0 Å². The number of likely N-dealkylation sites (N-methyl/N-ethyl adjacent to an activating group) is 1. The van der Waals surface area contributed by atoms with E-state index in [0.717, 1.165) is 12.8 Å². The molecule has 0 aliphatic heterocycles. The van der Waals surface area contributed by atoms with E-state index in [9.17, 15) is 9.59 Å². The van der Waals surface area contributed by atoms with E-state index in [2.05, 4.69) is 10.5 Å². The molecule has 0 heterocycles. The van der Waals surface area contributed by atoms with Gasteiger partial charge in [0.2, 0.25) is 11.8 Å². The van der Waals surface area contributed by atoms with E-state index >= 15 is 0 Å². The fourth-order valence-corrected chi connectivity index (χ4v) is 1.13. The van der Waals surface area contributed by atoms with Crippen LogP contribution in [0.2, 0.25) is 0 Å². The molecule has 0 bridgehead atoms. The zero-order valence-electron chi connectivity index (χ0n) is 9.14. The van der Waals surface area contributed by atoms with E-state index in [1.54, 1.807) is 0 Å². The third-order valence-electron chi connectivity index (χ3n) is 2.21. The standard InChI is InChI=1S/C9H16N4O3/c1-13(9(15)4-7(10)12-16)5-8(14)11-6-2-3-6/h6,16H,2-5H2,1H3,(H2,10,12)(H,11,14). The molecule has 16 heavy (non-hydrogen) atoms. The topological polar surface area (TPSA) is 108 Å². The zero-order valence-corrected chi connectivity index (χ0v) is 9.14. The summed E-state index contributed by atoms with van der Waals surface area (Å²) in [6.07, 6.45) is 1.82. The van der Waals surface area contributed by atoms with Crippen molar-refractivity contribution in [2.75, 3.05) is 13.6 Å². The van der Waals surface area contributed by atoms with Crippen LogP contribution in [0.1, 0.15) is 19.3 Å². The van der Waals surface area contributed by atoms with E-state index in [1.807, 2.05) is 0 Å². The van der Waals surface area contributed by atoms with Crippen LogP contribution < -0.4 is 11.1 Å². The van der Waals surface area contributed by atoms with Crippen LogP contribution >= 0.6 is 0 Å². The molecule has 4 N–H and O–H groups in total. The summed E-state index contributed by atoms with van der Waals surface area (Å²) in [4.78, 5) is 24.0. The van der Waals surface area contributed by atoms with Crippen molar-refractivity contribution in [3.8, 4) is 0 Å². The number of carbonyl (C=O) groups excluding carboxylic acids is 2. The van der Waals surface area contributed by atoms with Crippen molar-refractivity contribution < 1.29 is 14.8 Å². The van der Waals surface area contributed by atoms with Crippen LogP contribution in [0.4, 0.5) is 0 Å². The summed E-state index contributed by atoms with van der Waals surface area (Å²) in [5.74, 6) is -0.710. The van der Waals surface area contributed by atoms with Gasteiger partial charge in [0.1, 0.15) is 5.84 Å². The van der Waals surface area contributed by atoms with Crippen LogP contribution in [0, 0.1) is 0 Å². The molecule has 7 heteroatoms. The van der Waals surface area contributed by atoms with Gasteiger partial charge in [0.15, 0.2) is 0 Å². The minimum Gasteiger partial charge on any atom is -0.409 e. The van der Waals surface area contributed by atoms with Gasteiger partial charge in [-0.05, 0) is 12.8 Å². The highest BCUT2D eigenvalue weighted by Crippen LogP contribution is 2.18. The first-order chi connectivity index (χ1) is 7.52. The number of nitrogens with one attached hydrogen (secondary N) is 1. The summed E-state index contributed by atoms with van der Waals surface area (Å²) in [6.45, 7) is -0.00591. The molecule has 1 aliphatic carbocycles. The number of rotatable bonds is 5. The maximum Gasteiger partial charge on any atom is 0.239 e. The molecule has 0 unspecified atom stereocenters. The maximum atomic E-state index is 11.4. The number of amidine groups is 1. The molecule has 0 spiro atoms. The summed E-state index contributed by atoms with van der Waals surface area (Å²) in [7, 11) is 1.50. The van der Waals surface area contributed by atoms with Gasteiger partial charge in [-0.15, -0.1) is 0 Å². The van der Waals surface area contributed by atoms with Gasteiger partial charge < -0.3 is 21.2 Å². The van der Waals surface area contributed by atoms with Crippen LogP contribution in [-0.4, -0.2) is 47.4 Å². The Hall–Kier alpha value is -1.79. The summed E-state index contributed by atoms with van der Waals surface area (Å²) >= 11 is 0. The third-order valence-corrected chi connectivity index (χ3v) is 2.21. The van der Waals surface area contributed by atoms with Crippen LogP contribution in [0.3, 0.4) is 0 Å². The van der Waals surface area contributed by atoms with Crippen molar-refractivity contribution >= 4 is 17.6 Å². The first-order valence-corrected chi connectivity index (χ1v) is 5.02. The van der Waals surface area contributed by atoms with Crippen molar-refractivity contribution in [1.29, 1.82) is 0 Å². The van der Waals surface area contributed by atoms with Gasteiger partial charge in [0.05, 0.1) is 13.0 Å². The molecule has 0 atom stereocenters. The second kappa shape index (κ2) is 5.34. The molecular formula is C9H16N4O3. The summed E-state index contributed by atoms with van der Waals surface area (Å²) in [5, 5.41) is 13.7. The van der Waals surface area contributed by atoms with Gasteiger partial charge in [-0.2, -0.15) is 0 Å². The molecule has 1 aliphatic rings. The molecule has 2 amide bonds. The smallest absolute Gasteiger partial charge is 0.239 e. The lowest BCUT2D eigenvalue weighted by atomic mass is 10.3. The Bertz CT molecular complexity index is 312. The monoisotopic (exact) mass is 228 g/mol. The molecule has 1 fully saturated rings. The lowest BCUT2D eigenvalue weighted by Gasteiger charge is -2.16. The number of nitrogens with two attached hydrogens (primary N) is 1. The molecule has 7 nitrogen and oxygen atoms in total. The first kappa shape index (κ1) is 12.3. The van der Waals surface area contributed by atoms with Crippen LogP contribution in [0.15, 0.2) is 5.16 Å². The molecule has 0 radical (unpaired) electrons. The molecule has 0 aromatic heterocycles. The normalized spacial score (nSPS) is 15.7. The second-order valence-electron chi connectivity index (χ2n) is 3.86. The highest BCUT2D eigenvalue weighted by molar-refractivity contribution is 5.99. The Labute approximate surface area is 93.3 Å². The van der Waals surface area contributed by atoms with Gasteiger partial charge in [-0.1, -0.05) is 5.16 Å². The van der Waals surface area contributed by atoms with E-state index in [-0.39, 0.29) is 36.7 Å². The Kier molecular flexibility index (Phi) is 4.10. The van der Waals surface area contributed by atoms with Gasteiger partial charge in [-0.3, -0.25) is 9.59 Å². The number of nitrogens with zero attached hydrogens (tertiary/aromatic N) is 2. The van der Waals surface area contributed by atoms with E-state index in [1.165, 1.54) is 11.9 Å². The van der Waals surface area contributed by atoms with Crippen LogP contribution in [-0.2, 0) is 9.59 Å². The maximum absolute atomic E-state index is 11.4. The molecule has 1 rings (SSSR count). The Morgan fingerprint density at radius 2 is 2.19 bits per heavy atom.